The monoisotopic (exact) mass is 249 g/mol. The minimum atomic E-state index is 0.487. The van der Waals surface area contributed by atoms with Gasteiger partial charge in [0.05, 0.1) is 7.11 Å². The Morgan fingerprint density at radius 1 is 1.50 bits per heavy atom. The number of methoxy groups -OCH3 is 1. The van der Waals surface area contributed by atoms with E-state index in [0.717, 1.165) is 13.1 Å². The lowest BCUT2D eigenvalue weighted by Crippen LogP contribution is -2.29. The zero-order valence-corrected chi connectivity index (χ0v) is 11.5. The number of rotatable bonds is 5. The second kappa shape index (κ2) is 6.16. The summed E-state index contributed by atoms with van der Waals surface area (Å²) in [5, 5.41) is 3.30. The number of nitrogens with one attached hydrogen (secondary N) is 1. The summed E-state index contributed by atoms with van der Waals surface area (Å²) in [6.45, 7) is 5.56. The van der Waals surface area contributed by atoms with Crippen molar-refractivity contribution in [2.45, 2.75) is 19.4 Å². The van der Waals surface area contributed by atoms with E-state index < -0.39 is 0 Å². The van der Waals surface area contributed by atoms with Crippen molar-refractivity contribution >= 4 is 0 Å². The first-order valence-electron chi connectivity index (χ1n) is 6.68. The van der Waals surface area contributed by atoms with Gasteiger partial charge in [-0.1, -0.05) is 13.0 Å². The van der Waals surface area contributed by atoms with Gasteiger partial charge in [0.2, 0.25) is 5.88 Å². The first kappa shape index (κ1) is 13.3. The van der Waals surface area contributed by atoms with E-state index in [9.17, 15) is 0 Å². The summed E-state index contributed by atoms with van der Waals surface area (Å²) in [5.74, 6) is 1.36. The van der Waals surface area contributed by atoms with Crippen LogP contribution >= 0.6 is 0 Å². The predicted molar refractivity (Wildman–Crippen MR) is 72.8 cm³/mol. The van der Waals surface area contributed by atoms with E-state index in [0.29, 0.717) is 17.8 Å². The fourth-order valence-corrected chi connectivity index (χ4v) is 2.93. The number of ether oxygens (including phenoxy) is 1. The Morgan fingerprint density at radius 2 is 2.33 bits per heavy atom. The van der Waals surface area contributed by atoms with Gasteiger partial charge in [-0.15, -0.1) is 0 Å². The highest BCUT2D eigenvalue weighted by molar-refractivity contribution is 5.22. The average molecular weight is 249 g/mol. The van der Waals surface area contributed by atoms with Gasteiger partial charge in [-0.3, -0.25) is 4.90 Å². The molecule has 1 N–H and O–H groups in total. The van der Waals surface area contributed by atoms with Gasteiger partial charge < -0.3 is 10.1 Å². The Morgan fingerprint density at radius 3 is 2.89 bits per heavy atom. The molecule has 2 unspecified atom stereocenters. The Balaban J connectivity index is 2.19. The maximum absolute atomic E-state index is 5.12. The maximum atomic E-state index is 5.12. The third-order valence-electron chi connectivity index (χ3n) is 3.81. The van der Waals surface area contributed by atoms with Crippen LogP contribution in [-0.4, -0.2) is 43.7 Å². The van der Waals surface area contributed by atoms with Gasteiger partial charge in [-0.25, -0.2) is 4.98 Å². The first-order chi connectivity index (χ1) is 8.80. The summed E-state index contributed by atoms with van der Waals surface area (Å²) in [7, 11) is 3.68. The Hall–Kier alpha value is -1.13. The highest BCUT2D eigenvalue weighted by Crippen LogP contribution is 2.36. The summed E-state index contributed by atoms with van der Waals surface area (Å²) in [4.78, 5) is 6.87. The molecule has 18 heavy (non-hydrogen) atoms. The molecule has 1 saturated heterocycles. The molecule has 1 aromatic rings. The zero-order valence-electron chi connectivity index (χ0n) is 11.5. The van der Waals surface area contributed by atoms with E-state index in [4.69, 9.17) is 4.74 Å². The maximum Gasteiger partial charge on any atom is 0.212 e. The van der Waals surface area contributed by atoms with Gasteiger partial charge in [0.15, 0.2) is 0 Å². The SMILES string of the molecule is CCN1CCC(CNC)C1c1ccc(OC)nc1. The molecule has 0 spiro atoms. The highest BCUT2D eigenvalue weighted by Gasteiger charge is 2.33. The Kier molecular flexibility index (Phi) is 4.55. The second-order valence-electron chi connectivity index (χ2n) is 4.81. The van der Waals surface area contributed by atoms with Gasteiger partial charge in [-0.05, 0) is 44.6 Å². The fourth-order valence-electron chi connectivity index (χ4n) is 2.93. The van der Waals surface area contributed by atoms with E-state index in [1.807, 2.05) is 19.3 Å². The molecule has 1 aliphatic heterocycles. The van der Waals surface area contributed by atoms with Crippen molar-refractivity contribution in [1.82, 2.24) is 15.2 Å². The predicted octanol–water partition coefficient (Wildman–Crippen LogP) is 1.69. The van der Waals surface area contributed by atoms with E-state index in [1.54, 1.807) is 7.11 Å². The molecular formula is C14H23N3O. The Bertz CT molecular complexity index is 366. The Labute approximate surface area is 109 Å². The number of pyridine rings is 1. The van der Waals surface area contributed by atoms with E-state index in [-0.39, 0.29) is 0 Å². The molecule has 0 amide bonds. The van der Waals surface area contributed by atoms with Crippen molar-refractivity contribution in [3.63, 3.8) is 0 Å². The van der Waals surface area contributed by atoms with Crippen molar-refractivity contribution in [1.29, 1.82) is 0 Å². The normalized spacial score (nSPS) is 24.4. The minimum Gasteiger partial charge on any atom is -0.481 e. The van der Waals surface area contributed by atoms with Crippen LogP contribution in [0.1, 0.15) is 24.9 Å². The van der Waals surface area contributed by atoms with Crippen LogP contribution in [0.25, 0.3) is 0 Å². The molecule has 2 rings (SSSR count). The molecule has 0 aliphatic carbocycles. The third-order valence-corrected chi connectivity index (χ3v) is 3.81. The molecule has 100 valence electrons. The van der Waals surface area contributed by atoms with Gasteiger partial charge in [-0.2, -0.15) is 0 Å². The van der Waals surface area contributed by atoms with Crippen LogP contribution in [0.3, 0.4) is 0 Å². The van der Waals surface area contributed by atoms with Crippen molar-refractivity contribution in [3.8, 4) is 5.88 Å². The molecule has 4 nitrogen and oxygen atoms in total. The molecule has 0 radical (unpaired) electrons. The minimum absolute atomic E-state index is 0.487. The largest absolute Gasteiger partial charge is 0.481 e. The van der Waals surface area contributed by atoms with Gasteiger partial charge in [0.25, 0.3) is 0 Å². The van der Waals surface area contributed by atoms with Gasteiger partial charge in [0.1, 0.15) is 0 Å². The van der Waals surface area contributed by atoms with Crippen LogP contribution < -0.4 is 10.1 Å². The smallest absolute Gasteiger partial charge is 0.212 e. The van der Waals surface area contributed by atoms with Crippen LogP contribution in [-0.2, 0) is 0 Å². The summed E-state index contributed by atoms with van der Waals surface area (Å²) in [6.07, 6.45) is 3.21. The van der Waals surface area contributed by atoms with E-state index >= 15 is 0 Å². The molecule has 0 aromatic carbocycles. The topological polar surface area (TPSA) is 37.4 Å². The lowest BCUT2D eigenvalue weighted by Gasteiger charge is -2.27. The summed E-state index contributed by atoms with van der Waals surface area (Å²) < 4.78 is 5.12. The van der Waals surface area contributed by atoms with Crippen molar-refractivity contribution in [2.75, 3.05) is 33.8 Å². The molecule has 1 aliphatic rings. The van der Waals surface area contributed by atoms with Crippen LogP contribution in [0.2, 0.25) is 0 Å². The zero-order chi connectivity index (χ0) is 13.0. The molecule has 1 aromatic heterocycles. The number of likely N-dealkylation sites (tertiary alicyclic amines) is 1. The average Bonchev–Trinajstić information content (AvgIpc) is 2.82. The number of nitrogens with zero attached hydrogens (tertiary/aromatic N) is 2. The van der Waals surface area contributed by atoms with Gasteiger partial charge in [0, 0.05) is 18.3 Å². The molecule has 0 saturated carbocycles. The van der Waals surface area contributed by atoms with E-state index in [1.165, 1.54) is 18.5 Å². The molecule has 4 heteroatoms. The van der Waals surface area contributed by atoms with Crippen LogP contribution in [0.4, 0.5) is 0 Å². The van der Waals surface area contributed by atoms with Crippen molar-refractivity contribution in [3.05, 3.63) is 23.9 Å². The van der Waals surface area contributed by atoms with Crippen LogP contribution in [0.15, 0.2) is 18.3 Å². The quantitative estimate of drug-likeness (QED) is 0.862. The lowest BCUT2D eigenvalue weighted by atomic mass is 9.94. The molecule has 1 fully saturated rings. The lowest BCUT2D eigenvalue weighted by molar-refractivity contribution is 0.237. The summed E-state index contributed by atoms with van der Waals surface area (Å²) in [6, 6.07) is 4.59. The van der Waals surface area contributed by atoms with Gasteiger partial charge >= 0.3 is 0 Å². The number of aromatic nitrogens is 1. The summed E-state index contributed by atoms with van der Waals surface area (Å²) in [5.41, 5.74) is 1.30. The fraction of sp³-hybridized carbons (Fsp3) is 0.643. The molecule has 2 heterocycles. The number of hydrogen-bond acceptors (Lipinski definition) is 4. The second-order valence-corrected chi connectivity index (χ2v) is 4.81. The van der Waals surface area contributed by atoms with Crippen LogP contribution in [0, 0.1) is 5.92 Å². The van der Waals surface area contributed by atoms with E-state index in [2.05, 4.69) is 28.2 Å². The van der Waals surface area contributed by atoms with Crippen LogP contribution in [0.5, 0.6) is 5.88 Å². The van der Waals surface area contributed by atoms with Crippen molar-refractivity contribution < 1.29 is 4.74 Å². The molecular weight excluding hydrogens is 226 g/mol. The standard InChI is InChI=1S/C14H23N3O/c1-4-17-8-7-12(9-15-2)14(17)11-5-6-13(18-3)16-10-11/h5-6,10,12,14-15H,4,7-9H2,1-3H3. The summed E-state index contributed by atoms with van der Waals surface area (Å²) >= 11 is 0. The highest BCUT2D eigenvalue weighted by atomic mass is 16.5. The number of hydrogen-bond donors (Lipinski definition) is 1. The van der Waals surface area contributed by atoms with Crippen molar-refractivity contribution in [2.24, 2.45) is 5.92 Å². The third kappa shape index (κ3) is 2.65. The molecule has 2 atom stereocenters. The molecule has 0 bridgehead atoms. The first-order valence-corrected chi connectivity index (χ1v) is 6.68.